The van der Waals surface area contributed by atoms with Gasteiger partial charge in [0.05, 0.1) is 6.10 Å². The Kier molecular flexibility index (Phi) is 11.6. The molecule has 4 atom stereocenters. The van der Waals surface area contributed by atoms with Crippen molar-refractivity contribution in [2.24, 2.45) is 0 Å². The van der Waals surface area contributed by atoms with Crippen molar-refractivity contribution < 1.29 is 38.1 Å². The first-order valence-corrected chi connectivity index (χ1v) is 15.1. The lowest BCUT2D eigenvalue weighted by atomic mass is 10.0. The maximum Gasteiger partial charge on any atom is 0.420 e. The highest BCUT2D eigenvalue weighted by molar-refractivity contribution is 5.94. The zero-order valence-corrected chi connectivity index (χ0v) is 26.8. The van der Waals surface area contributed by atoms with Crippen LogP contribution in [-0.4, -0.2) is 65.2 Å². The van der Waals surface area contributed by atoms with Crippen LogP contribution < -0.4 is 4.74 Å². The second-order valence-electron chi connectivity index (χ2n) is 12.8. The van der Waals surface area contributed by atoms with E-state index in [1.165, 1.54) is 0 Å². The molecule has 1 aliphatic heterocycles. The molecule has 3 rings (SSSR count). The second-order valence-corrected chi connectivity index (χ2v) is 12.8. The normalized spacial score (nSPS) is 21.4. The van der Waals surface area contributed by atoms with Crippen LogP contribution in [0.25, 0.3) is 11.1 Å². The fraction of sp³-hybridized carbons (Fsp3) is 0.559. The summed E-state index contributed by atoms with van der Waals surface area (Å²) in [6.45, 7) is 14.4. The van der Waals surface area contributed by atoms with E-state index >= 15 is 0 Å². The van der Waals surface area contributed by atoms with Gasteiger partial charge in [0.2, 0.25) is 0 Å². The number of esters is 1. The van der Waals surface area contributed by atoms with Gasteiger partial charge in [0.25, 0.3) is 0 Å². The molecular weight excluding hydrogens is 550 g/mol. The summed E-state index contributed by atoms with van der Waals surface area (Å²) in [5, 5.41) is 0. The molecule has 0 saturated carbocycles. The average molecular weight is 598 g/mol. The number of nitrogens with zero attached hydrogens (tertiary/aromatic N) is 1. The van der Waals surface area contributed by atoms with Crippen LogP contribution in [0.4, 0.5) is 9.59 Å². The number of benzene rings is 2. The zero-order valence-electron chi connectivity index (χ0n) is 26.8. The second kappa shape index (κ2) is 14.7. The number of carbonyl (C=O) groups is 3. The van der Waals surface area contributed by atoms with E-state index in [1.807, 2.05) is 61.5 Å². The third-order valence-electron chi connectivity index (χ3n) is 6.63. The Morgan fingerprint density at radius 2 is 1.42 bits per heavy atom. The fourth-order valence-electron chi connectivity index (χ4n) is 4.74. The van der Waals surface area contributed by atoms with Gasteiger partial charge in [-0.05, 0) is 97.4 Å². The highest BCUT2D eigenvalue weighted by Crippen LogP contribution is 2.29. The van der Waals surface area contributed by atoms with E-state index in [2.05, 4.69) is 0 Å². The molecular formula is C34H47NO8. The number of hydrogen-bond donors (Lipinski definition) is 0. The standard InChI is InChI=1S/C34H47NO8/c1-9-22-39-28-17-13-16-27(35(31(37)42-33(3,4)5)32(38)43-34(6,7)8)30(36)40-23(2)29(28)41-26-20-18-25(19-21-26)24-14-11-10-12-15-24/h10-12,14-15,18-21,23,27-29H,9,13,16-17,22H2,1-8H3. The molecule has 0 N–H and O–H groups in total. The Bertz CT molecular complexity index is 1170. The largest absolute Gasteiger partial charge is 0.484 e. The summed E-state index contributed by atoms with van der Waals surface area (Å²) in [5.41, 5.74) is 0.337. The van der Waals surface area contributed by atoms with Crippen molar-refractivity contribution in [1.82, 2.24) is 4.90 Å². The molecule has 2 amide bonds. The highest BCUT2D eigenvalue weighted by atomic mass is 16.6. The Hall–Kier alpha value is -3.59. The molecule has 0 aromatic heterocycles. The van der Waals surface area contributed by atoms with Gasteiger partial charge >= 0.3 is 18.2 Å². The summed E-state index contributed by atoms with van der Waals surface area (Å²) in [6.07, 6.45) is -1.81. The molecule has 2 aromatic rings. The minimum Gasteiger partial charge on any atom is -0.484 e. The smallest absolute Gasteiger partial charge is 0.420 e. The lowest BCUT2D eigenvalue weighted by molar-refractivity contribution is -0.162. The van der Waals surface area contributed by atoms with Crippen molar-refractivity contribution in [3.63, 3.8) is 0 Å². The number of rotatable bonds is 7. The zero-order chi connectivity index (χ0) is 31.8. The molecule has 2 aromatic carbocycles. The van der Waals surface area contributed by atoms with E-state index in [4.69, 9.17) is 23.7 Å². The van der Waals surface area contributed by atoms with Gasteiger partial charge < -0.3 is 23.7 Å². The Morgan fingerprint density at radius 3 is 1.95 bits per heavy atom. The molecule has 0 spiro atoms. The summed E-state index contributed by atoms with van der Waals surface area (Å²) in [4.78, 5) is 41.0. The summed E-state index contributed by atoms with van der Waals surface area (Å²) in [6, 6.07) is 16.5. The maximum absolute atomic E-state index is 13.7. The van der Waals surface area contributed by atoms with Crippen LogP contribution >= 0.6 is 0 Å². The monoisotopic (exact) mass is 597 g/mol. The Balaban J connectivity index is 1.88. The van der Waals surface area contributed by atoms with Crippen LogP contribution in [0.1, 0.15) is 81.1 Å². The van der Waals surface area contributed by atoms with Crippen molar-refractivity contribution in [2.75, 3.05) is 6.61 Å². The van der Waals surface area contributed by atoms with Gasteiger partial charge in [0.15, 0.2) is 6.10 Å². The summed E-state index contributed by atoms with van der Waals surface area (Å²) >= 11 is 0. The van der Waals surface area contributed by atoms with E-state index in [-0.39, 0.29) is 6.42 Å². The van der Waals surface area contributed by atoms with Crippen LogP contribution in [0.15, 0.2) is 54.6 Å². The SMILES string of the molecule is CCCOC1CCCC(N(C(=O)OC(C)(C)C)C(=O)OC(C)(C)C)C(=O)OC(C)C1Oc1ccc(-c2ccccc2)cc1. The summed E-state index contributed by atoms with van der Waals surface area (Å²) in [5.74, 6) is -0.133. The van der Waals surface area contributed by atoms with Crippen LogP contribution in [-0.2, 0) is 23.7 Å². The maximum atomic E-state index is 13.7. The molecule has 1 heterocycles. The predicted molar refractivity (Wildman–Crippen MR) is 164 cm³/mol. The van der Waals surface area contributed by atoms with Crippen LogP contribution in [0.5, 0.6) is 5.75 Å². The minimum atomic E-state index is -1.25. The quantitative estimate of drug-likeness (QED) is 0.238. The summed E-state index contributed by atoms with van der Waals surface area (Å²) < 4.78 is 29.6. The van der Waals surface area contributed by atoms with Gasteiger partial charge in [-0.3, -0.25) is 0 Å². The number of ether oxygens (including phenoxy) is 5. The molecule has 9 nitrogen and oxygen atoms in total. The molecule has 0 bridgehead atoms. The first-order valence-electron chi connectivity index (χ1n) is 15.1. The number of hydrogen-bond acceptors (Lipinski definition) is 8. The fourth-order valence-corrected chi connectivity index (χ4v) is 4.74. The van der Waals surface area contributed by atoms with Gasteiger partial charge in [0, 0.05) is 6.61 Å². The summed E-state index contributed by atoms with van der Waals surface area (Å²) in [7, 11) is 0. The first kappa shape index (κ1) is 33.9. The molecule has 1 saturated heterocycles. The lowest BCUT2D eigenvalue weighted by Crippen LogP contribution is -2.53. The number of cyclic esters (lactones) is 1. The van der Waals surface area contributed by atoms with Crippen molar-refractivity contribution >= 4 is 18.2 Å². The number of imide groups is 1. The third-order valence-corrected chi connectivity index (χ3v) is 6.63. The molecule has 0 aliphatic carbocycles. The minimum absolute atomic E-state index is 0.147. The van der Waals surface area contributed by atoms with Crippen LogP contribution in [0.2, 0.25) is 0 Å². The lowest BCUT2D eigenvalue weighted by Gasteiger charge is -2.33. The van der Waals surface area contributed by atoms with E-state index in [0.717, 1.165) is 22.4 Å². The van der Waals surface area contributed by atoms with Gasteiger partial charge in [-0.15, -0.1) is 0 Å². The van der Waals surface area contributed by atoms with Gasteiger partial charge in [-0.25, -0.2) is 14.4 Å². The van der Waals surface area contributed by atoms with Crippen LogP contribution in [0.3, 0.4) is 0 Å². The highest BCUT2D eigenvalue weighted by Gasteiger charge is 2.44. The van der Waals surface area contributed by atoms with Crippen LogP contribution in [0, 0.1) is 0 Å². The first-order chi connectivity index (χ1) is 20.2. The van der Waals surface area contributed by atoms with Crippen molar-refractivity contribution in [3.8, 4) is 16.9 Å². The number of amides is 2. The average Bonchev–Trinajstić information content (AvgIpc) is 2.96. The molecule has 1 fully saturated rings. The van der Waals surface area contributed by atoms with E-state index in [0.29, 0.717) is 25.2 Å². The van der Waals surface area contributed by atoms with Crippen molar-refractivity contribution in [3.05, 3.63) is 54.6 Å². The molecule has 9 heteroatoms. The molecule has 0 radical (unpaired) electrons. The van der Waals surface area contributed by atoms with Crippen molar-refractivity contribution in [1.29, 1.82) is 0 Å². The van der Waals surface area contributed by atoms with E-state index in [9.17, 15) is 14.4 Å². The van der Waals surface area contributed by atoms with Gasteiger partial charge in [-0.1, -0.05) is 49.4 Å². The predicted octanol–water partition coefficient (Wildman–Crippen LogP) is 7.55. The van der Waals surface area contributed by atoms with E-state index < -0.39 is 53.7 Å². The van der Waals surface area contributed by atoms with Gasteiger partial charge in [-0.2, -0.15) is 4.90 Å². The Morgan fingerprint density at radius 1 is 0.860 bits per heavy atom. The van der Waals surface area contributed by atoms with E-state index in [1.54, 1.807) is 48.5 Å². The van der Waals surface area contributed by atoms with Gasteiger partial charge in [0.1, 0.15) is 29.1 Å². The number of carbonyl (C=O) groups excluding carboxylic acids is 3. The topological polar surface area (TPSA) is 101 Å². The molecule has 236 valence electrons. The Labute approximate surface area is 255 Å². The third kappa shape index (κ3) is 10.3. The molecule has 1 aliphatic rings. The molecule has 43 heavy (non-hydrogen) atoms. The molecule has 4 unspecified atom stereocenters. The van der Waals surface area contributed by atoms with Crippen molar-refractivity contribution in [2.45, 2.75) is 117 Å².